The van der Waals surface area contributed by atoms with Gasteiger partial charge in [0.1, 0.15) is 11.4 Å². The first-order chi connectivity index (χ1) is 14.0. The van der Waals surface area contributed by atoms with Crippen LogP contribution in [-0.4, -0.2) is 62.0 Å². The summed E-state index contributed by atoms with van der Waals surface area (Å²) in [4.78, 5) is 31.3. The van der Waals surface area contributed by atoms with Crippen LogP contribution in [0.5, 0.6) is 5.75 Å². The summed E-state index contributed by atoms with van der Waals surface area (Å²) in [7, 11) is 3.15. The van der Waals surface area contributed by atoms with Crippen LogP contribution >= 0.6 is 0 Å². The number of amides is 2. The molecule has 2 aliphatic rings. The summed E-state index contributed by atoms with van der Waals surface area (Å²) in [6.07, 6.45) is 0. The van der Waals surface area contributed by atoms with Gasteiger partial charge in [0.25, 0.3) is 11.8 Å². The Balaban J connectivity index is 1.61. The smallest absolute Gasteiger partial charge is 0.277 e. The molecule has 0 unspecified atom stereocenters. The fourth-order valence-electron chi connectivity index (χ4n) is 3.95. The Hall–Kier alpha value is -3.28. The van der Waals surface area contributed by atoms with Crippen molar-refractivity contribution in [3.63, 3.8) is 0 Å². The average molecular weight is 391 g/mol. The number of nitrogens with zero attached hydrogens (tertiary/aromatic N) is 3. The van der Waals surface area contributed by atoms with Gasteiger partial charge in [0.2, 0.25) is 0 Å². The van der Waals surface area contributed by atoms with E-state index < -0.39 is 0 Å². The number of hydrogen-bond donors (Lipinski definition) is 0. The fourth-order valence-corrected chi connectivity index (χ4v) is 3.95. The van der Waals surface area contributed by atoms with Gasteiger partial charge in [-0.1, -0.05) is 24.3 Å². The predicted molar refractivity (Wildman–Crippen MR) is 113 cm³/mol. The third-order valence-electron chi connectivity index (χ3n) is 5.60. The van der Waals surface area contributed by atoms with E-state index in [1.807, 2.05) is 24.3 Å². The number of imide groups is 1. The number of carbonyl (C=O) groups excluding carboxylic acids is 2. The highest BCUT2D eigenvalue weighted by Gasteiger charge is 2.40. The molecule has 0 radical (unpaired) electrons. The average Bonchev–Trinajstić information content (AvgIpc) is 2.98. The van der Waals surface area contributed by atoms with Crippen molar-refractivity contribution in [1.29, 1.82) is 0 Å². The van der Waals surface area contributed by atoms with E-state index in [1.54, 1.807) is 14.2 Å². The van der Waals surface area contributed by atoms with Crippen LogP contribution in [0.1, 0.15) is 11.1 Å². The third kappa shape index (κ3) is 3.46. The summed E-state index contributed by atoms with van der Waals surface area (Å²) in [6, 6.07) is 15.7. The molecule has 6 heteroatoms. The van der Waals surface area contributed by atoms with Gasteiger partial charge < -0.3 is 14.5 Å². The minimum absolute atomic E-state index is 0.232. The maximum Gasteiger partial charge on any atom is 0.277 e. The molecular formula is C23H25N3O3. The highest BCUT2D eigenvalue weighted by Crippen LogP contribution is 2.32. The number of anilines is 1. The van der Waals surface area contributed by atoms with Crippen molar-refractivity contribution < 1.29 is 14.3 Å². The minimum atomic E-state index is -0.253. The van der Waals surface area contributed by atoms with Crippen LogP contribution in [0.3, 0.4) is 0 Å². The second-order valence-electron chi connectivity index (χ2n) is 7.43. The third-order valence-corrected chi connectivity index (χ3v) is 5.60. The van der Waals surface area contributed by atoms with E-state index in [1.165, 1.54) is 16.2 Å². The maximum absolute atomic E-state index is 12.9. The van der Waals surface area contributed by atoms with Crippen molar-refractivity contribution in [3.8, 4) is 5.75 Å². The highest BCUT2D eigenvalue weighted by atomic mass is 16.5. The zero-order valence-electron chi connectivity index (χ0n) is 17.0. The van der Waals surface area contributed by atoms with E-state index in [2.05, 4.69) is 41.0 Å². The summed E-state index contributed by atoms with van der Waals surface area (Å²) in [5.41, 5.74) is 4.15. The van der Waals surface area contributed by atoms with Crippen LogP contribution in [0.4, 0.5) is 5.69 Å². The molecule has 0 saturated carbocycles. The quantitative estimate of drug-likeness (QED) is 0.750. The molecule has 0 atom stereocenters. The van der Waals surface area contributed by atoms with Crippen molar-refractivity contribution in [2.24, 2.45) is 0 Å². The van der Waals surface area contributed by atoms with Gasteiger partial charge in [-0.25, -0.2) is 0 Å². The molecule has 29 heavy (non-hydrogen) atoms. The predicted octanol–water partition coefficient (Wildman–Crippen LogP) is 2.54. The number of aryl methyl sites for hydroxylation is 1. The van der Waals surface area contributed by atoms with E-state index in [0.29, 0.717) is 30.1 Å². The number of methoxy groups -OCH3 is 1. The van der Waals surface area contributed by atoms with E-state index in [9.17, 15) is 9.59 Å². The normalized spacial score (nSPS) is 17.4. The molecule has 2 aliphatic heterocycles. The van der Waals surface area contributed by atoms with Crippen LogP contribution in [-0.2, 0) is 9.59 Å². The molecule has 0 spiro atoms. The molecule has 2 aromatic carbocycles. The summed E-state index contributed by atoms with van der Waals surface area (Å²) in [5, 5.41) is 0. The molecule has 0 N–H and O–H groups in total. The summed E-state index contributed by atoms with van der Waals surface area (Å²) in [6.45, 7) is 5.07. The largest absolute Gasteiger partial charge is 0.497 e. The van der Waals surface area contributed by atoms with Crippen LogP contribution < -0.4 is 9.64 Å². The van der Waals surface area contributed by atoms with E-state index in [-0.39, 0.29) is 11.8 Å². The Kier molecular flexibility index (Phi) is 5.01. The van der Waals surface area contributed by atoms with E-state index in [0.717, 1.165) is 18.7 Å². The first-order valence-electron chi connectivity index (χ1n) is 9.77. The van der Waals surface area contributed by atoms with Gasteiger partial charge in [-0.3, -0.25) is 14.5 Å². The zero-order valence-corrected chi connectivity index (χ0v) is 17.0. The highest BCUT2D eigenvalue weighted by molar-refractivity contribution is 6.35. The zero-order chi connectivity index (χ0) is 20.5. The van der Waals surface area contributed by atoms with E-state index in [4.69, 9.17) is 4.74 Å². The SMILES string of the molecule is COc1ccc(C2=C(N3CCN(c4cccc(C)c4)CC3)C(=O)N(C)C2=O)cc1. The lowest BCUT2D eigenvalue weighted by Crippen LogP contribution is -2.47. The standard InChI is InChI=1S/C23H25N3O3/c1-16-5-4-6-18(15-16)25-11-13-26(14-12-25)21-20(22(27)24(2)23(21)28)17-7-9-19(29-3)10-8-17/h4-10,15H,11-14H2,1-3H3. The van der Waals surface area contributed by atoms with Crippen molar-refractivity contribution in [2.45, 2.75) is 6.92 Å². The molecule has 1 fully saturated rings. The second kappa shape index (κ2) is 7.62. The first kappa shape index (κ1) is 19.1. The molecule has 0 aliphatic carbocycles. The van der Waals surface area contributed by atoms with Crippen molar-refractivity contribution >= 4 is 23.1 Å². The Morgan fingerprint density at radius 3 is 2.14 bits per heavy atom. The molecule has 0 aromatic heterocycles. The number of carbonyl (C=O) groups is 2. The minimum Gasteiger partial charge on any atom is -0.497 e. The molecule has 0 bridgehead atoms. The molecule has 150 valence electrons. The van der Waals surface area contributed by atoms with Gasteiger partial charge in [0, 0.05) is 38.9 Å². The Labute approximate surface area is 171 Å². The first-order valence-corrected chi connectivity index (χ1v) is 9.77. The van der Waals surface area contributed by atoms with Gasteiger partial charge in [0.05, 0.1) is 12.7 Å². The lowest BCUT2D eigenvalue weighted by Gasteiger charge is -2.37. The van der Waals surface area contributed by atoms with Gasteiger partial charge >= 0.3 is 0 Å². The summed E-state index contributed by atoms with van der Waals surface area (Å²) in [5.74, 6) is 0.230. The molecule has 2 amide bonds. The lowest BCUT2D eigenvalue weighted by molar-refractivity contribution is -0.135. The number of hydrogen-bond acceptors (Lipinski definition) is 5. The Morgan fingerprint density at radius 1 is 0.862 bits per heavy atom. The number of rotatable bonds is 4. The van der Waals surface area contributed by atoms with Crippen molar-refractivity contribution in [1.82, 2.24) is 9.80 Å². The van der Waals surface area contributed by atoms with Crippen molar-refractivity contribution in [3.05, 3.63) is 65.4 Å². The topological polar surface area (TPSA) is 53.1 Å². The second-order valence-corrected chi connectivity index (χ2v) is 7.43. The Morgan fingerprint density at radius 2 is 1.52 bits per heavy atom. The van der Waals surface area contributed by atoms with Crippen LogP contribution in [0.25, 0.3) is 5.57 Å². The number of likely N-dealkylation sites (N-methyl/N-ethyl adjacent to an activating group) is 1. The van der Waals surface area contributed by atoms with Gasteiger partial charge in [-0.2, -0.15) is 0 Å². The molecule has 6 nitrogen and oxygen atoms in total. The molecule has 2 heterocycles. The number of ether oxygens (including phenoxy) is 1. The summed E-state index contributed by atoms with van der Waals surface area (Å²) < 4.78 is 5.21. The molecular weight excluding hydrogens is 366 g/mol. The summed E-state index contributed by atoms with van der Waals surface area (Å²) >= 11 is 0. The Bertz CT molecular complexity index is 973. The molecule has 4 rings (SSSR count). The fraction of sp³-hybridized carbons (Fsp3) is 0.304. The van der Waals surface area contributed by atoms with Crippen molar-refractivity contribution in [2.75, 3.05) is 45.2 Å². The monoisotopic (exact) mass is 391 g/mol. The van der Waals surface area contributed by atoms with E-state index >= 15 is 0 Å². The number of benzene rings is 2. The molecule has 1 saturated heterocycles. The molecule has 2 aromatic rings. The van der Waals surface area contributed by atoms with Crippen LogP contribution in [0, 0.1) is 6.92 Å². The number of piperazine rings is 1. The van der Waals surface area contributed by atoms with Crippen LogP contribution in [0.2, 0.25) is 0 Å². The van der Waals surface area contributed by atoms with Gasteiger partial charge in [-0.15, -0.1) is 0 Å². The van der Waals surface area contributed by atoms with Crippen LogP contribution in [0.15, 0.2) is 54.2 Å². The maximum atomic E-state index is 12.9. The van der Waals surface area contributed by atoms with Gasteiger partial charge in [-0.05, 0) is 42.3 Å². The van der Waals surface area contributed by atoms with Gasteiger partial charge in [0.15, 0.2) is 0 Å². The lowest BCUT2D eigenvalue weighted by atomic mass is 10.0.